The van der Waals surface area contributed by atoms with Crippen LogP contribution in [-0.4, -0.2) is 20.9 Å². The Balaban J connectivity index is 1.97. The first-order valence-corrected chi connectivity index (χ1v) is 6.59. The van der Waals surface area contributed by atoms with Crippen molar-refractivity contribution < 1.29 is 14.3 Å². The van der Waals surface area contributed by atoms with Crippen molar-refractivity contribution in [3.63, 3.8) is 0 Å². The monoisotopic (exact) mass is 302 g/mol. The number of benzene rings is 1. The van der Waals surface area contributed by atoms with E-state index in [-0.39, 0.29) is 5.56 Å². The molecule has 1 aromatic carbocycles. The zero-order valence-electron chi connectivity index (χ0n) is 10.9. The average Bonchev–Trinajstić information content (AvgIpc) is 3.06. The van der Waals surface area contributed by atoms with Crippen molar-refractivity contribution in [3.8, 4) is 11.3 Å². The molecule has 0 aliphatic carbocycles. The lowest BCUT2D eigenvalue weighted by Crippen LogP contribution is -2.00. The molecule has 0 saturated heterocycles. The molecular weight excluding hydrogens is 292 g/mol. The second kappa shape index (κ2) is 5.46. The van der Waals surface area contributed by atoms with Crippen LogP contribution < -0.4 is 0 Å². The van der Waals surface area contributed by atoms with Crippen LogP contribution in [0, 0.1) is 0 Å². The standard InChI is InChI=1S/C15H11ClN2O3/c16-12-3-1-2-10(6-12)7-18-8-13(15(19)20)14(17-18)11-4-5-21-9-11/h1-6,8-9H,7H2,(H,19,20). The fraction of sp³-hybridized carbons (Fsp3) is 0.0667. The van der Waals surface area contributed by atoms with E-state index in [9.17, 15) is 9.90 Å². The summed E-state index contributed by atoms with van der Waals surface area (Å²) in [4.78, 5) is 11.3. The summed E-state index contributed by atoms with van der Waals surface area (Å²) in [6.45, 7) is 0.443. The highest BCUT2D eigenvalue weighted by Gasteiger charge is 2.18. The van der Waals surface area contributed by atoms with Gasteiger partial charge in [-0.05, 0) is 23.8 Å². The van der Waals surface area contributed by atoms with Crippen molar-refractivity contribution in [2.75, 3.05) is 0 Å². The Morgan fingerprint density at radius 3 is 2.90 bits per heavy atom. The molecule has 0 saturated carbocycles. The van der Waals surface area contributed by atoms with Crippen molar-refractivity contribution in [1.82, 2.24) is 9.78 Å². The molecular formula is C15H11ClN2O3. The molecule has 0 radical (unpaired) electrons. The lowest BCUT2D eigenvalue weighted by molar-refractivity contribution is 0.0697. The highest BCUT2D eigenvalue weighted by Crippen LogP contribution is 2.23. The molecule has 5 nitrogen and oxygen atoms in total. The molecule has 106 valence electrons. The zero-order valence-corrected chi connectivity index (χ0v) is 11.6. The van der Waals surface area contributed by atoms with Crippen molar-refractivity contribution in [1.29, 1.82) is 0 Å². The van der Waals surface area contributed by atoms with Crippen LogP contribution in [0.3, 0.4) is 0 Å². The molecule has 0 fully saturated rings. The Bertz CT molecular complexity index is 778. The molecule has 0 amide bonds. The molecule has 0 spiro atoms. The smallest absolute Gasteiger partial charge is 0.339 e. The number of carboxylic acid groups (broad SMARTS) is 1. The first kappa shape index (κ1) is 13.5. The molecule has 0 unspecified atom stereocenters. The second-order valence-corrected chi connectivity index (χ2v) is 4.97. The normalized spacial score (nSPS) is 10.7. The SMILES string of the molecule is O=C(O)c1cn(Cc2cccc(Cl)c2)nc1-c1ccoc1. The maximum Gasteiger partial charge on any atom is 0.339 e. The quantitative estimate of drug-likeness (QED) is 0.800. The number of nitrogens with zero attached hydrogens (tertiary/aromatic N) is 2. The average molecular weight is 303 g/mol. The van der Waals surface area contributed by atoms with Crippen LogP contribution in [0.15, 0.2) is 53.5 Å². The van der Waals surface area contributed by atoms with Crippen molar-refractivity contribution in [2.24, 2.45) is 0 Å². The molecule has 2 aromatic heterocycles. The van der Waals surface area contributed by atoms with E-state index in [1.807, 2.05) is 18.2 Å². The van der Waals surface area contributed by atoms with Gasteiger partial charge in [-0.1, -0.05) is 23.7 Å². The minimum Gasteiger partial charge on any atom is -0.478 e. The number of carboxylic acids is 1. The van der Waals surface area contributed by atoms with E-state index in [1.54, 1.807) is 16.8 Å². The molecule has 6 heteroatoms. The third kappa shape index (κ3) is 2.83. The van der Waals surface area contributed by atoms with Crippen LogP contribution in [0.2, 0.25) is 5.02 Å². The molecule has 0 aliphatic heterocycles. The zero-order chi connectivity index (χ0) is 14.8. The predicted molar refractivity (Wildman–Crippen MR) is 77.4 cm³/mol. The fourth-order valence-electron chi connectivity index (χ4n) is 2.09. The molecule has 3 rings (SSSR count). The van der Waals surface area contributed by atoms with E-state index < -0.39 is 5.97 Å². The van der Waals surface area contributed by atoms with E-state index in [0.29, 0.717) is 22.8 Å². The van der Waals surface area contributed by atoms with Gasteiger partial charge in [0.05, 0.1) is 19.1 Å². The Morgan fingerprint density at radius 2 is 2.24 bits per heavy atom. The van der Waals surface area contributed by atoms with Crippen molar-refractivity contribution >= 4 is 17.6 Å². The highest BCUT2D eigenvalue weighted by atomic mass is 35.5. The van der Waals surface area contributed by atoms with Gasteiger partial charge in [0.1, 0.15) is 11.3 Å². The van der Waals surface area contributed by atoms with Crippen molar-refractivity contribution in [3.05, 3.63) is 65.2 Å². The molecule has 2 heterocycles. The first-order chi connectivity index (χ1) is 10.1. The molecule has 1 N–H and O–H groups in total. The van der Waals surface area contributed by atoms with E-state index in [1.165, 1.54) is 18.7 Å². The number of hydrogen-bond donors (Lipinski definition) is 1. The van der Waals surface area contributed by atoms with E-state index in [0.717, 1.165) is 5.56 Å². The van der Waals surface area contributed by atoms with Crippen LogP contribution in [0.25, 0.3) is 11.3 Å². The Hall–Kier alpha value is -2.53. The van der Waals surface area contributed by atoms with E-state index in [2.05, 4.69) is 5.10 Å². The van der Waals surface area contributed by atoms with Gasteiger partial charge in [0, 0.05) is 16.8 Å². The van der Waals surface area contributed by atoms with Crippen LogP contribution >= 0.6 is 11.6 Å². The maximum atomic E-state index is 11.3. The summed E-state index contributed by atoms with van der Waals surface area (Å²) in [5.74, 6) is -1.02. The highest BCUT2D eigenvalue weighted by molar-refractivity contribution is 6.30. The summed E-state index contributed by atoms with van der Waals surface area (Å²) in [7, 11) is 0. The topological polar surface area (TPSA) is 68.3 Å². The molecule has 3 aromatic rings. The summed E-state index contributed by atoms with van der Waals surface area (Å²) >= 11 is 5.94. The Morgan fingerprint density at radius 1 is 1.38 bits per heavy atom. The Kier molecular flexibility index (Phi) is 3.50. The fourth-order valence-corrected chi connectivity index (χ4v) is 2.31. The molecule has 0 atom stereocenters. The Labute approximate surface area is 125 Å². The molecule has 21 heavy (non-hydrogen) atoms. The van der Waals surface area contributed by atoms with Gasteiger partial charge >= 0.3 is 5.97 Å². The van der Waals surface area contributed by atoms with Gasteiger partial charge in [-0.2, -0.15) is 5.10 Å². The van der Waals surface area contributed by atoms with Gasteiger partial charge in [-0.25, -0.2) is 4.79 Å². The number of aromatic nitrogens is 2. The first-order valence-electron chi connectivity index (χ1n) is 6.21. The summed E-state index contributed by atoms with van der Waals surface area (Å²) in [6, 6.07) is 9.04. The summed E-state index contributed by atoms with van der Waals surface area (Å²) in [5, 5.41) is 14.2. The molecule has 0 bridgehead atoms. The third-order valence-electron chi connectivity index (χ3n) is 3.02. The van der Waals surface area contributed by atoms with Gasteiger partial charge in [0.15, 0.2) is 0 Å². The summed E-state index contributed by atoms with van der Waals surface area (Å²) in [5.41, 5.74) is 2.11. The third-order valence-corrected chi connectivity index (χ3v) is 3.26. The van der Waals surface area contributed by atoms with E-state index in [4.69, 9.17) is 16.0 Å². The van der Waals surface area contributed by atoms with Gasteiger partial charge < -0.3 is 9.52 Å². The van der Waals surface area contributed by atoms with Gasteiger partial charge in [0.2, 0.25) is 0 Å². The maximum absolute atomic E-state index is 11.3. The van der Waals surface area contributed by atoms with E-state index >= 15 is 0 Å². The number of carbonyl (C=O) groups is 1. The van der Waals surface area contributed by atoms with Crippen LogP contribution in [-0.2, 0) is 6.54 Å². The number of halogens is 1. The summed E-state index contributed by atoms with van der Waals surface area (Å²) in [6.07, 6.45) is 4.46. The number of aromatic carboxylic acids is 1. The number of hydrogen-bond acceptors (Lipinski definition) is 3. The minimum absolute atomic E-state index is 0.137. The number of furan rings is 1. The van der Waals surface area contributed by atoms with Crippen LogP contribution in [0.5, 0.6) is 0 Å². The van der Waals surface area contributed by atoms with Crippen molar-refractivity contribution in [2.45, 2.75) is 6.54 Å². The lowest BCUT2D eigenvalue weighted by Gasteiger charge is -2.02. The number of rotatable bonds is 4. The van der Waals surface area contributed by atoms with Gasteiger partial charge in [-0.15, -0.1) is 0 Å². The van der Waals surface area contributed by atoms with Gasteiger partial charge in [-0.3, -0.25) is 4.68 Å². The summed E-state index contributed by atoms with van der Waals surface area (Å²) < 4.78 is 6.57. The van der Waals surface area contributed by atoms with Crippen LogP contribution in [0.1, 0.15) is 15.9 Å². The van der Waals surface area contributed by atoms with Crippen LogP contribution in [0.4, 0.5) is 0 Å². The minimum atomic E-state index is -1.02. The second-order valence-electron chi connectivity index (χ2n) is 4.54. The van der Waals surface area contributed by atoms with Gasteiger partial charge in [0.25, 0.3) is 0 Å². The largest absolute Gasteiger partial charge is 0.478 e. The predicted octanol–water partition coefficient (Wildman–Crippen LogP) is 3.54. The lowest BCUT2D eigenvalue weighted by atomic mass is 10.1. The molecule has 0 aliphatic rings.